The van der Waals surface area contributed by atoms with Crippen LogP contribution in [-0.4, -0.2) is 46.8 Å². The summed E-state index contributed by atoms with van der Waals surface area (Å²) in [6, 6.07) is 9.44. The summed E-state index contributed by atoms with van der Waals surface area (Å²) in [5.41, 5.74) is 7.36. The van der Waals surface area contributed by atoms with Crippen LogP contribution in [0.2, 0.25) is 0 Å². The molecule has 128 valence electrons. The lowest BCUT2D eigenvalue weighted by atomic mass is 9.92. The molecule has 2 heterocycles. The lowest BCUT2D eigenvalue weighted by Gasteiger charge is -2.34. The zero-order chi connectivity index (χ0) is 17.1. The number of nitrogens with zero attached hydrogens (tertiary/aromatic N) is 3. The van der Waals surface area contributed by atoms with E-state index in [4.69, 9.17) is 10.5 Å². The Morgan fingerprint density at radius 2 is 2.08 bits per heavy atom. The summed E-state index contributed by atoms with van der Waals surface area (Å²) < 4.78 is 6.86. The highest BCUT2D eigenvalue weighted by Crippen LogP contribution is 2.21. The van der Waals surface area contributed by atoms with Crippen molar-refractivity contribution >= 4 is 5.91 Å². The summed E-state index contributed by atoms with van der Waals surface area (Å²) in [7, 11) is 1.63. The van der Waals surface area contributed by atoms with E-state index in [1.165, 1.54) is 0 Å². The van der Waals surface area contributed by atoms with Crippen LogP contribution in [0, 0.1) is 5.92 Å². The van der Waals surface area contributed by atoms with Crippen LogP contribution in [0.4, 0.5) is 0 Å². The third-order valence-corrected chi connectivity index (χ3v) is 4.63. The standard InChI is InChI=1S/C18H24N4O2/c1-13(19)14-4-3-10-21(12-14)18(23)17-9-11-22(20-17)15-5-7-16(24-2)8-6-15/h5-9,11,13-14H,3-4,10,12,19H2,1-2H3. The molecule has 0 spiro atoms. The van der Waals surface area contributed by atoms with Gasteiger partial charge in [0.15, 0.2) is 5.69 Å². The Kier molecular flexibility index (Phi) is 4.85. The highest BCUT2D eigenvalue weighted by molar-refractivity contribution is 5.92. The Morgan fingerprint density at radius 1 is 1.33 bits per heavy atom. The first-order valence-corrected chi connectivity index (χ1v) is 8.33. The van der Waals surface area contributed by atoms with Gasteiger partial charge in [-0.1, -0.05) is 0 Å². The van der Waals surface area contributed by atoms with Crippen molar-refractivity contribution in [3.05, 3.63) is 42.2 Å². The molecule has 24 heavy (non-hydrogen) atoms. The molecule has 1 fully saturated rings. The average molecular weight is 328 g/mol. The van der Waals surface area contributed by atoms with Crippen molar-refractivity contribution in [3.8, 4) is 11.4 Å². The van der Waals surface area contributed by atoms with Gasteiger partial charge in [-0.15, -0.1) is 0 Å². The van der Waals surface area contributed by atoms with E-state index >= 15 is 0 Å². The van der Waals surface area contributed by atoms with Crippen LogP contribution in [0.1, 0.15) is 30.3 Å². The molecular formula is C18H24N4O2. The lowest BCUT2D eigenvalue weighted by Crippen LogP contribution is -2.45. The maximum absolute atomic E-state index is 12.7. The first kappa shape index (κ1) is 16.5. The molecule has 0 bridgehead atoms. The number of hydrogen-bond acceptors (Lipinski definition) is 4. The molecule has 1 aliphatic heterocycles. The number of benzene rings is 1. The molecule has 2 atom stereocenters. The second-order valence-electron chi connectivity index (χ2n) is 6.36. The van der Waals surface area contributed by atoms with Crippen LogP contribution in [0.5, 0.6) is 5.75 Å². The number of ether oxygens (including phenoxy) is 1. The highest BCUT2D eigenvalue weighted by Gasteiger charge is 2.27. The van der Waals surface area contributed by atoms with Gasteiger partial charge in [0.1, 0.15) is 5.75 Å². The largest absolute Gasteiger partial charge is 0.497 e. The molecule has 0 radical (unpaired) electrons. The van der Waals surface area contributed by atoms with Crippen molar-refractivity contribution in [3.63, 3.8) is 0 Å². The minimum atomic E-state index is -0.0207. The van der Waals surface area contributed by atoms with Gasteiger partial charge in [0, 0.05) is 25.3 Å². The number of carbonyl (C=O) groups excluding carboxylic acids is 1. The van der Waals surface area contributed by atoms with Crippen molar-refractivity contribution in [2.75, 3.05) is 20.2 Å². The van der Waals surface area contributed by atoms with Crippen LogP contribution in [0.3, 0.4) is 0 Å². The van der Waals surface area contributed by atoms with E-state index in [1.54, 1.807) is 17.9 Å². The minimum Gasteiger partial charge on any atom is -0.497 e. The predicted molar refractivity (Wildman–Crippen MR) is 92.4 cm³/mol. The first-order chi connectivity index (χ1) is 11.6. The molecule has 1 saturated heterocycles. The molecule has 1 aromatic heterocycles. The van der Waals surface area contributed by atoms with Crippen LogP contribution < -0.4 is 10.5 Å². The van der Waals surface area contributed by atoms with Gasteiger partial charge >= 0.3 is 0 Å². The van der Waals surface area contributed by atoms with Crippen molar-refractivity contribution in [2.45, 2.75) is 25.8 Å². The number of methoxy groups -OCH3 is 1. The van der Waals surface area contributed by atoms with Crippen LogP contribution >= 0.6 is 0 Å². The maximum atomic E-state index is 12.7. The van der Waals surface area contributed by atoms with Gasteiger partial charge in [0.25, 0.3) is 5.91 Å². The normalized spacial score (nSPS) is 19.1. The van der Waals surface area contributed by atoms with Gasteiger partial charge < -0.3 is 15.4 Å². The molecule has 3 rings (SSSR count). The Balaban J connectivity index is 1.73. The Labute approximate surface area is 142 Å². The van der Waals surface area contributed by atoms with Crippen LogP contribution in [0.25, 0.3) is 5.69 Å². The number of amides is 1. The van der Waals surface area contributed by atoms with Gasteiger partial charge in [-0.3, -0.25) is 4.79 Å². The van der Waals surface area contributed by atoms with Crippen LogP contribution in [-0.2, 0) is 0 Å². The maximum Gasteiger partial charge on any atom is 0.274 e. The quantitative estimate of drug-likeness (QED) is 0.932. The van der Waals surface area contributed by atoms with Crippen molar-refractivity contribution in [1.29, 1.82) is 0 Å². The van der Waals surface area contributed by atoms with Gasteiger partial charge in [0.05, 0.1) is 12.8 Å². The topological polar surface area (TPSA) is 73.4 Å². The van der Waals surface area contributed by atoms with Gasteiger partial charge in [-0.2, -0.15) is 5.10 Å². The minimum absolute atomic E-state index is 0.0207. The molecule has 2 aromatic rings. The number of hydrogen-bond donors (Lipinski definition) is 1. The Bertz CT molecular complexity index is 693. The van der Waals surface area contributed by atoms with Gasteiger partial charge in [0.2, 0.25) is 0 Å². The molecule has 0 saturated carbocycles. The van der Waals surface area contributed by atoms with Crippen molar-refractivity contribution in [1.82, 2.24) is 14.7 Å². The number of aromatic nitrogens is 2. The summed E-state index contributed by atoms with van der Waals surface area (Å²) >= 11 is 0. The van der Waals surface area contributed by atoms with E-state index in [0.29, 0.717) is 18.2 Å². The fraction of sp³-hybridized carbons (Fsp3) is 0.444. The van der Waals surface area contributed by atoms with E-state index in [9.17, 15) is 4.79 Å². The molecule has 2 unspecified atom stereocenters. The number of rotatable bonds is 4. The zero-order valence-electron chi connectivity index (χ0n) is 14.2. The first-order valence-electron chi connectivity index (χ1n) is 8.33. The average Bonchev–Trinajstić information content (AvgIpc) is 3.11. The lowest BCUT2D eigenvalue weighted by molar-refractivity contribution is 0.0654. The Hall–Kier alpha value is -2.34. The summed E-state index contributed by atoms with van der Waals surface area (Å²) in [5, 5.41) is 4.43. The second-order valence-corrected chi connectivity index (χ2v) is 6.36. The highest BCUT2D eigenvalue weighted by atomic mass is 16.5. The van der Waals surface area contributed by atoms with Crippen molar-refractivity contribution in [2.24, 2.45) is 11.7 Å². The Morgan fingerprint density at radius 3 is 2.75 bits per heavy atom. The molecule has 1 aromatic carbocycles. The fourth-order valence-electron chi connectivity index (χ4n) is 3.10. The summed E-state index contributed by atoms with van der Waals surface area (Å²) in [4.78, 5) is 14.6. The fourth-order valence-corrected chi connectivity index (χ4v) is 3.10. The molecule has 2 N–H and O–H groups in total. The molecule has 1 amide bonds. The summed E-state index contributed by atoms with van der Waals surface area (Å²) in [5.74, 6) is 1.14. The molecular weight excluding hydrogens is 304 g/mol. The third-order valence-electron chi connectivity index (χ3n) is 4.63. The molecule has 6 nitrogen and oxygen atoms in total. The van der Waals surface area contributed by atoms with E-state index in [1.807, 2.05) is 42.3 Å². The van der Waals surface area contributed by atoms with Gasteiger partial charge in [-0.05, 0) is 56.0 Å². The smallest absolute Gasteiger partial charge is 0.274 e. The molecule has 0 aliphatic carbocycles. The van der Waals surface area contributed by atoms with E-state index in [2.05, 4.69) is 5.10 Å². The number of likely N-dealkylation sites (tertiary alicyclic amines) is 1. The SMILES string of the molecule is COc1ccc(-n2ccc(C(=O)N3CCCC(C(C)N)C3)n2)cc1. The molecule has 1 aliphatic rings. The van der Waals surface area contributed by atoms with Gasteiger partial charge in [-0.25, -0.2) is 4.68 Å². The van der Waals surface area contributed by atoms with E-state index in [0.717, 1.165) is 30.8 Å². The van der Waals surface area contributed by atoms with E-state index in [-0.39, 0.29) is 11.9 Å². The number of nitrogens with two attached hydrogens (primary N) is 1. The third kappa shape index (κ3) is 3.43. The zero-order valence-corrected chi connectivity index (χ0v) is 14.2. The summed E-state index contributed by atoms with van der Waals surface area (Å²) in [6.07, 6.45) is 3.89. The second kappa shape index (κ2) is 7.05. The number of carbonyl (C=O) groups is 1. The summed E-state index contributed by atoms with van der Waals surface area (Å²) in [6.45, 7) is 3.50. The monoisotopic (exact) mass is 328 g/mol. The predicted octanol–water partition coefficient (Wildman–Crippen LogP) is 2.08. The van der Waals surface area contributed by atoms with Crippen molar-refractivity contribution < 1.29 is 9.53 Å². The van der Waals surface area contributed by atoms with E-state index < -0.39 is 0 Å². The molecule has 6 heteroatoms. The number of piperidine rings is 1. The van der Waals surface area contributed by atoms with Crippen LogP contribution in [0.15, 0.2) is 36.5 Å².